The molecule has 3 nitrogen and oxygen atoms in total. The summed E-state index contributed by atoms with van der Waals surface area (Å²) in [4.78, 5) is 0. The highest BCUT2D eigenvalue weighted by Gasteiger charge is 2.40. The Morgan fingerprint density at radius 1 is 1.26 bits per heavy atom. The minimum absolute atomic E-state index is 0.157. The van der Waals surface area contributed by atoms with Gasteiger partial charge in [0.25, 0.3) is 0 Å². The summed E-state index contributed by atoms with van der Waals surface area (Å²) in [6.07, 6.45) is 4.31. The van der Waals surface area contributed by atoms with E-state index in [0.29, 0.717) is 23.4 Å². The van der Waals surface area contributed by atoms with E-state index in [4.69, 9.17) is 4.74 Å². The van der Waals surface area contributed by atoms with Crippen molar-refractivity contribution in [3.05, 3.63) is 0 Å². The van der Waals surface area contributed by atoms with Crippen molar-refractivity contribution >= 4 is 0 Å². The van der Waals surface area contributed by atoms with Crippen LogP contribution in [-0.4, -0.2) is 36.5 Å². The fraction of sp³-hybridized carbons (Fsp3) is 1.00. The van der Waals surface area contributed by atoms with E-state index >= 15 is 0 Å². The summed E-state index contributed by atoms with van der Waals surface area (Å²) in [7, 11) is 0. The summed E-state index contributed by atoms with van der Waals surface area (Å²) in [5.74, 6) is 1.08. The first-order valence-corrected chi connectivity index (χ1v) is 7.96. The third-order valence-corrected chi connectivity index (χ3v) is 5.56. The molecule has 0 spiro atoms. The van der Waals surface area contributed by atoms with Gasteiger partial charge in [-0.1, -0.05) is 27.2 Å². The van der Waals surface area contributed by atoms with Crippen LogP contribution in [0.1, 0.15) is 53.4 Å². The highest BCUT2D eigenvalue weighted by atomic mass is 16.5. The molecular formula is C16H31NO2. The predicted octanol–water partition coefficient (Wildman–Crippen LogP) is 2.58. The van der Waals surface area contributed by atoms with Crippen LogP contribution in [0, 0.1) is 17.3 Å². The van der Waals surface area contributed by atoms with Crippen molar-refractivity contribution in [2.75, 3.05) is 13.2 Å². The van der Waals surface area contributed by atoms with Crippen molar-refractivity contribution in [2.45, 2.75) is 71.6 Å². The maximum Gasteiger partial charge on any atom is 0.0624 e. The lowest BCUT2D eigenvalue weighted by molar-refractivity contribution is -0.0428. The average Bonchev–Trinajstić information content (AvgIpc) is 2.39. The van der Waals surface area contributed by atoms with Gasteiger partial charge in [-0.2, -0.15) is 0 Å². The van der Waals surface area contributed by atoms with Crippen LogP contribution >= 0.6 is 0 Å². The fourth-order valence-corrected chi connectivity index (χ4v) is 3.70. The molecule has 1 aliphatic carbocycles. The van der Waals surface area contributed by atoms with Gasteiger partial charge >= 0.3 is 0 Å². The molecule has 1 heterocycles. The van der Waals surface area contributed by atoms with Crippen molar-refractivity contribution in [2.24, 2.45) is 17.3 Å². The fourth-order valence-electron chi connectivity index (χ4n) is 3.70. The number of morpholine rings is 1. The number of aliphatic hydroxyl groups excluding tert-OH is 1. The second-order valence-electron chi connectivity index (χ2n) is 7.29. The van der Waals surface area contributed by atoms with Crippen LogP contribution in [0.5, 0.6) is 0 Å². The van der Waals surface area contributed by atoms with Gasteiger partial charge in [0.05, 0.1) is 19.3 Å². The van der Waals surface area contributed by atoms with E-state index in [9.17, 15) is 5.11 Å². The highest BCUT2D eigenvalue weighted by Crippen LogP contribution is 2.43. The maximum atomic E-state index is 10.4. The second-order valence-corrected chi connectivity index (χ2v) is 7.29. The number of ether oxygens (including phenoxy) is 1. The molecule has 2 aliphatic rings. The molecule has 0 radical (unpaired) electrons. The molecule has 19 heavy (non-hydrogen) atoms. The van der Waals surface area contributed by atoms with E-state index in [1.807, 2.05) is 0 Å². The van der Waals surface area contributed by atoms with Crippen LogP contribution in [-0.2, 0) is 4.74 Å². The number of hydrogen-bond acceptors (Lipinski definition) is 3. The van der Waals surface area contributed by atoms with E-state index in [0.717, 1.165) is 32.0 Å². The number of hydrogen-bond donors (Lipinski definition) is 2. The number of rotatable bonds is 3. The topological polar surface area (TPSA) is 41.5 Å². The van der Waals surface area contributed by atoms with Gasteiger partial charge in [-0.25, -0.2) is 0 Å². The molecule has 2 N–H and O–H groups in total. The molecule has 0 bridgehead atoms. The van der Waals surface area contributed by atoms with E-state index in [2.05, 4.69) is 33.0 Å². The largest absolute Gasteiger partial charge is 0.393 e. The van der Waals surface area contributed by atoms with E-state index < -0.39 is 0 Å². The Morgan fingerprint density at radius 3 is 2.63 bits per heavy atom. The molecule has 0 aromatic rings. The van der Waals surface area contributed by atoms with Gasteiger partial charge in [-0.15, -0.1) is 0 Å². The SMILES string of the molecule is CCC(C)(C)C1CCC(O)C(C2COCC(C)N2)C1. The zero-order chi connectivity index (χ0) is 14.0. The Kier molecular flexibility index (Phi) is 4.91. The van der Waals surface area contributed by atoms with Crippen LogP contribution < -0.4 is 5.32 Å². The first-order chi connectivity index (χ1) is 8.94. The second kappa shape index (κ2) is 6.11. The quantitative estimate of drug-likeness (QED) is 0.827. The average molecular weight is 269 g/mol. The van der Waals surface area contributed by atoms with Crippen LogP contribution in [0.15, 0.2) is 0 Å². The maximum absolute atomic E-state index is 10.4. The van der Waals surface area contributed by atoms with Gasteiger partial charge in [0, 0.05) is 18.0 Å². The first kappa shape index (κ1) is 15.3. The zero-order valence-corrected chi connectivity index (χ0v) is 13.0. The molecule has 0 aromatic heterocycles. The number of aliphatic hydroxyl groups is 1. The molecule has 0 aromatic carbocycles. The molecule has 112 valence electrons. The lowest BCUT2D eigenvalue weighted by Crippen LogP contribution is -2.55. The summed E-state index contributed by atoms with van der Waals surface area (Å²) >= 11 is 0. The Hall–Kier alpha value is -0.120. The molecule has 0 amide bonds. The van der Waals surface area contributed by atoms with Crippen LogP contribution in [0.4, 0.5) is 0 Å². The number of nitrogens with one attached hydrogen (secondary N) is 1. The van der Waals surface area contributed by atoms with E-state index in [1.165, 1.54) is 12.8 Å². The molecule has 1 aliphatic heterocycles. The van der Waals surface area contributed by atoms with Crippen molar-refractivity contribution < 1.29 is 9.84 Å². The Labute approximate surface area is 118 Å². The lowest BCUT2D eigenvalue weighted by atomic mass is 9.65. The minimum atomic E-state index is -0.157. The smallest absolute Gasteiger partial charge is 0.0624 e. The third kappa shape index (κ3) is 3.50. The molecular weight excluding hydrogens is 238 g/mol. The molecule has 3 heteroatoms. The molecule has 5 unspecified atom stereocenters. The molecule has 1 saturated heterocycles. The van der Waals surface area contributed by atoms with E-state index in [1.54, 1.807) is 0 Å². The minimum Gasteiger partial charge on any atom is -0.393 e. The highest BCUT2D eigenvalue weighted by molar-refractivity contribution is 4.93. The monoisotopic (exact) mass is 269 g/mol. The van der Waals surface area contributed by atoms with Crippen LogP contribution in [0.3, 0.4) is 0 Å². The van der Waals surface area contributed by atoms with Gasteiger partial charge in [0.1, 0.15) is 0 Å². The Bertz CT molecular complexity index is 292. The van der Waals surface area contributed by atoms with Crippen molar-refractivity contribution in [3.63, 3.8) is 0 Å². The molecule has 1 saturated carbocycles. The predicted molar refractivity (Wildman–Crippen MR) is 78.1 cm³/mol. The standard InChI is InChI=1S/C16H31NO2/c1-5-16(3,4)12-6-7-15(18)13(8-12)14-10-19-9-11(2)17-14/h11-15,17-18H,5-10H2,1-4H3. The lowest BCUT2D eigenvalue weighted by Gasteiger charge is -2.45. The summed E-state index contributed by atoms with van der Waals surface area (Å²) in [6.45, 7) is 10.7. The third-order valence-electron chi connectivity index (χ3n) is 5.56. The van der Waals surface area contributed by atoms with Crippen molar-refractivity contribution in [1.82, 2.24) is 5.32 Å². The van der Waals surface area contributed by atoms with Crippen molar-refractivity contribution in [3.8, 4) is 0 Å². The van der Waals surface area contributed by atoms with E-state index in [-0.39, 0.29) is 6.10 Å². The summed E-state index contributed by atoms with van der Waals surface area (Å²) in [5, 5.41) is 14.0. The van der Waals surface area contributed by atoms with Gasteiger partial charge in [0.15, 0.2) is 0 Å². The first-order valence-electron chi connectivity index (χ1n) is 7.96. The summed E-state index contributed by atoms with van der Waals surface area (Å²) < 4.78 is 5.67. The molecule has 2 rings (SSSR count). The Morgan fingerprint density at radius 2 is 2.00 bits per heavy atom. The molecule has 2 fully saturated rings. The van der Waals surface area contributed by atoms with Crippen LogP contribution in [0.25, 0.3) is 0 Å². The van der Waals surface area contributed by atoms with Crippen LogP contribution in [0.2, 0.25) is 0 Å². The van der Waals surface area contributed by atoms with Gasteiger partial charge in [-0.05, 0) is 37.5 Å². The summed E-state index contributed by atoms with van der Waals surface area (Å²) in [5.41, 5.74) is 0.388. The molecule has 5 atom stereocenters. The summed E-state index contributed by atoms with van der Waals surface area (Å²) in [6, 6.07) is 0.736. The van der Waals surface area contributed by atoms with Crippen molar-refractivity contribution in [1.29, 1.82) is 0 Å². The van der Waals surface area contributed by atoms with Gasteiger partial charge < -0.3 is 15.2 Å². The van der Waals surface area contributed by atoms with Gasteiger partial charge in [-0.3, -0.25) is 0 Å². The normalized spacial score (nSPS) is 41.2. The van der Waals surface area contributed by atoms with Gasteiger partial charge in [0.2, 0.25) is 0 Å². The zero-order valence-electron chi connectivity index (χ0n) is 13.0. The Balaban J connectivity index is 2.02.